The van der Waals surface area contributed by atoms with E-state index >= 15 is 0 Å². The number of hydrogen-bond acceptors (Lipinski definition) is 1. The lowest BCUT2D eigenvalue weighted by molar-refractivity contribution is 0.454. The minimum Gasteiger partial charge on any atom is -0.321 e. The van der Waals surface area contributed by atoms with Crippen LogP contribution in [0.2, 0.25) is 5.02 Å². The molecule has 0 heterocycles. The molecule has 0 aliphatic heterocycles. The summed E-state index contributed by atoms with van der Waals surface area (Å²) in [5.41, 5.74) is 5.86. The van der Waals surface area contributed by atoms with Crippen LogP contribution in [0.1, 0.15) is 18.1 Å². The monoisotopic (exact) mass is 359 g/mol. The smallest absolute Gasteiger partial charge is 0.143 e. The van der Waals surface area contributed by atoms with E-state index in [0.29, 0.717) is 10.6 Å². The molecule has 0 bridgehead atoms. The van der Waals surface area contributed by atoms with E-state index in [1.54, 1.807) is 31.2 Å². The Morgan fingerprint density at radius 3 is 2.50 bits per heavy atom. The summed E-state index contributed by atoms with van der Waals surface area (Å²) >= 11 is 9.16. The van der Waals surface area contributed by atoms with Crippen molar-refractivity contribution in [3.8, 4) is 0 Å². The van der Waals surface area contributed by atoms with Crippen molar-refractivity contribution >= 4 is 27.5 Å². The molecule has 0 spiro atoms. The largest absolute Gasteiger partial charge is 0.321 e. The molecule has 2 aromatic rings. The van der Waals surface area contributed by atoms with Gasteiger partial charge in [-0.2, -0.15) is 0 Å². The first-order valence-electron chi connectivity index (χ1n) is 5.99. The Kier molecular flexibility index (Phi) is 4.47. The molecule has 0 radical (unpaired) electrons. The fourth-order valence-corrected chi connectivity index (χ4v) is 2.84. The maximum absolute atomic E-state index is 14.0. The summed E-state index contributed by atoms with van der Waals surface area (Å²) in [6.45, 7) is 1.70. The zero-order chi connectivity index (χ0) is 14.9. The minimum absolute atomic E-state index is 0.00778. The molecule has 2 aromatic carbocycles. The van der Waals surface area contributed by atoms with Crippen LogP contribution < -0.4 is 5.73 Å². The van der Waals surface area contributed by atoms with Gasteiger partial charge in [0.25, 0.3) is 0 Å². The average molecular weight is 361 g/mol. The second kappa shape index (κ2) is 5.80. The Morgan fingerprint density at radius 1 is 1.20 bits per heavy atom. The van der Waals surface area contributed by atoms with Crippen LogP contribution in [-0.2, 0) is 12.0 Å². The second-order valence-electron chi connectivity index (χ2n) is 4.90. The standard InChI is InChI=1S/C15H13BrClF2N/c1-15(20,10-4-2-3-5-12(10)17)8-9-13(18)7-6-11(16)14(9)19/h2-7H,8,20H2,1H3. The van der Waals surface area contributed by atoms with E-state index in [9.17, 15) is 8.78 Å². The van der Waals surface area contributed by atoms with Crippen molar-refractivity contribution in [3.05, 3.63) is 68.7 Å². The predicted molar refractivity (Wildman–Crippen MR) is 80.8 cm³/mol. The molecular formula is C15H13BrClF2N. The highest BCUT2D eigenvalue weighted by Crippen LogP contribution is 2.32. The first kappa shape index (κ1) is 15.4. The summed E-state index contributed by atoms with van der Waals surface area (Å²) in [6.07, 6.45) is 0.00778. The number of hydrogen-bond donors (Lipinski definition) is 1. The lowest BCUT2D eigenvalue weighted by Crippen LogP contribution is -2.36. The van der Waals surface area contributed by atoms with Crippen molar-refractivity contribution in [3.63, 3.8) is 0 Å². The molecule has 2 rings (SSSR count). The normalized spacial score (nSPS) is 14.1. The quantitative estimate of drug-likeness (QED) is 0.782. The highest BCUT2D eigenvalue weighted by molar-refractivity contribution is 9.10. The molecule has 1 nitrogen and oxygen atoms in total. The van der Waals surface area contributed by atoms with Gasteiger partial charge in [-0.3, -0.25) is 0 Å². The molecule has 0 amide bonds. The van der Waals surface area contributed by atoms with Gasteiger partial charge in [-0.05, 0) is 46.6 Å². The second-order valence-corrected chi connectivity index (χ2v) is 6.16. The summed E-state index contributed by atoms with van der Waals surface area (Å²) in [4.78, 5) is 0. The van der Waals surface area contributed by atoms with Crippen LogP contribution in [0.5, 0.6) is 0 Å². The molecule has 20 heavy (non-hydrogen) atoms. The zero-order valence-corrected chi connectivity index (χ0v) is 13.1. The summed E-state index contributed by atoms with van der Waals surface area (Å²) in [5, 5.41) is 0.480. The summed E-state index contributed by atoms with van der Waals surface area (Å²) in [7, 11) is 0. The fraction of sp³-hybridized carbons (Fsp3) is 0.200. The summed E-state index contributed by atoms with van der Waals surface area (Å²) in [5.74, 6) is -1.25. The van der Waals surface area contributed by atoms with Crippen LogP contribution in [-0.4, -0.2) is 0 Å². The van der Waals surface area contributed by atoms with E-state index < -0.39 is 17.2 Å². The van der Waals surface area contributed by atoms with Crippen LogP contribution >= 0.6 is 27.5 Å². The van der Waals surface area contributed by atoms with E-state index in [1.807, 2.05) is 0 Å². The first-order chi connectivity index (χ1) is 9.33. The Balaban J connectivity index is 2.44. The SMILES string of the molecule is CC(N)(Cc1c(F)ccc(Br)c1F)c1ccccc1Cl. The molecule has 0 saturated heterocycles. The summed E-state index contributed by atoms with van der Waals surface area (Å²) in [6, 6.07) is 9.58. The van der Waals surface area contributed by atoms with Gasteiger partial charge in [0.15, 0.2) is 0 Å². The number of halogens is 4. The number of nitrogens with two attached hydrogens (primary N) is 1. The molecule has 0 fully saturated rings. The number of benzene rings is 2. The highest BCUT2D eigenvalue weighted by Gasteiger charge is 2.27. The van der Waals surface area contributed by atoms with E-state index in [4.69, 9.17) is 17.3 Å². The van der Waals surface area contributed by atoms with Crippen molar-refractivity contribution in [2.24, 2.45) is 5.73 Å². The molecule has 5 heteroatoms. The summed E-state index contributed by atoms with van der Waals surface area (Å²) < 4.78 is 28.1. The van der Waals surface area contributed by atoms with E-state index in [1.165, 1.54) is 12.1 Å². The molecule has 1 unspecified atom stereocenters. The maximum Gasteiger partial charge on any atom is 0.143 e. The lowest BCUT2D eigenvalue weighted by atomic mass is 9.86. The first-order valence-corrected chi connectivity index (χ1v) is 7.16. The lowest BCUT2D eigenvalue weighted by Gasteiger charge is -2.27. The van der Waals surface area contributed by atoms with Crippen LogP contribution in [0.4, 0.5) is 8.78 Å². The van der Waals surface area contributed by atoms with E-state index in [-0.39, 0.29) is 16.5 Å². The molecule has 0 aliphatic carbocycles. The third-order valence-electron chi connectivity index (χ3n) is 3.17. The molecule has 0 aliphatic rings. The third kappa shape index (κ3) is 3.03. The maximum atomic E-state index is 14.0. The van der Waals surface area contributed by atoms with Gasteiger partial charge in [0, 0.05) is 22.5 Å². The molecule has 1 atom stereocenters. The molecular weight excluding hydrogens is 348 g/mol. The molecule has 0 saturated carbocycles. The topological polar surface area (TPSA) is 26.0 Å². The molecule has 2 N–H and O–H groups in total. The van der Waals surface area contributed by atoms with Crippen LogP contribution in [0.25, 0.3) is 0 Å². The van der Waals surface area contributed by atoms with Crippen molar-refractivity contribution in [2.75, 3.05) is 0 Å². The Morgan fingerprint density at radius 2 is 1.85 bits per heavy atom. The van der Waals surface area contributed by atoms with Gasteiger partial charge < -0.3 is 5.73 Å². The zero-order valence-electron chi connectivity index (χ0n) is 10.8. The Bertz CT molecular complexity index is 644. The van der Waals surface area contributed by atoms with Gasteiger partial charge >= 0.3 is 0 Å². The minimum atomic E-state index is -0.971. The van der Waals surface area contributed by atoms with E-state index in [0.717, 1.165) is 0 Å². The van der Waals surface area contributed by atoms with Gasteiger partial charge in [0.2, 0.25) is 0 Å². The van der Waals surface area contributed by atoms with Gasteiger partial charge in [0.05, 0.1) is 4.47 Å². The number of rotatable bonds is 3. The highest BCUT2D eigenvalue weighted by atomic mass is 79.9. The van der Waals surface area contributed by atoms with Crippen molar-refractivity contribution in [1.82, 2.24) is 0 Å². The predicted octanol–water partition coefficient (Wildman–Crippen LogP) is 4.80. The van der Waals surface area contributed by atoms with Gasteiger partial charge in [-0.15, -0.1) is 0 Å². The Hall–Kier alpha value is -0.970. The van der Waals surface area contributed by atoms with Gasteiger partial charge in [0.1, 0.15) is 11.6 Å². The van der Waals surface area contributed by atoms with Crippen molar-refractivity contribution < 1.29 is 8.78 Å². The Labute approximate surface area is 129 Å². The third-order valence-corrected chi connectivity index (χ3v) is 4.11. The van der Waals surface area contributed by atoms with Crippen LogP contribution in [0.15, 0.2) is 40.9 Å². The van der Waals surface area contributed by atoms with Gasteiger partial charge in [-0.1, -0.05) is 29.8 Å². The molecule has 0 aromatic heterocycles. The fourth-order valence-electron chi connectivity index (χ4n) is 2.12. The van der Waals surface area contributed by atoms with Gasteiger partial charge in [-0.25, -0.2) is 8.78 Å². The van der Waals surface area contributed by atoms with Crippen molar-refractivity contribution in [1.29, 1.82) is 0 Å². The average Bonchev–Trinajstić information content (AvgIpc) is 2.39. The van der Waals surface area contributed by atoms with Crippen LogP contribution in [0, 0.1) is 11.6 Å². The van der Waals surface area contributed by atoms with Crippen molar-refractivity contribution in [2.45, 2.75) is 18.9 Å². The molecule has 106 valence electrons. The van der Waals surface area contributed by atoms with Crippen LogP contribution in [0.3, 0.4) is 0 Å². The van der Waals surface area contributed by atoms with E-state index in [2.05, 4.69) is 15.9 Å².